The number of ketones is 1. The van der Waals surface area contributed by atoms with E-state index in [1.807, 2.05) is 31.2 Å². The van der Waals surface area contributed by atoms with Crippen molar-refractivity contribution in [1.82, 2.24) is 0 Å². The Hall–Kier alpha value is -2.42. The van der Waals surface area contributed by atoms with Gasteiger partial charge in [-0.1, -0.05) is 42.0 Å². The number of halogens is 1. The van der Waals surface area contributed by atoms with Gasteiger partial charge in [-0.05, 0) is 24.6 Å². The maximum absolute atomic E-state index is 13.5. The van der Waals surface area contributed by atoms with E-state index in [4.69, 9.17) is 4.42 Å². The lowest BCUT2D eigenvalue weighted by Gasteiger charge is -1.99. The molecule has 1 heterocycles. The standard InChI is InChI=1S/C17H13FO2/c1-11-5-7-12(8-6-11)9-15(19)16-10-13-3-2-4-14(18)17(13)20-16/h2-8,10H,9H2,1H3. The van der Waals surface area contributed by atoms with Crippen LogP contribution < -0.4 is 0 Å². The van der Waals surface area contributed by atoms with Gasteiger partial charge in [-0.15, -0.1) is 0 Å². The van der Waals surface area contributed by atoms with Crippen LogP contribution in [-0.2, 0) is 6.42 Å². The zero-order valence-corrected chi connectivity index (χ0v) is 11.0. The van der Waals surface area contributed by atoms with Crippen LogP contribution in [0, 0.1) is 12.7 Å². The van der Waals surface area contributed by atoms with Crippen LogP contribution in [0.15, 0.2) is 52.9 Å². The minimum absolute atomic E-state index is 0.139. The van der Waals surface area contributed by atoms with Crippen LogP contribution >= 0.6 is 0 Å². The number of Topliss-reactive ketones (excluding diaryl/α,β-unsaturated/α-hetero) is 1. The quantitative estimate of drug-likeness (QED) is 0.663. The zero-order chi connectivity index (χ0) is 14.1. The Balaban J connectivity index is 1.89. The molecule has 2 aromatic carbocycles. The third-order valence-corrected chi connectivity index (χ3v) is 3.26. The van der Waals surface area contributed by atoms with Gasteiger partial charge in [0.2, 0.25) is 5.78 Å². The zero-order valence-electron chi connectivity index (χ0n) is 11.0. The first-order valence-electron chi connectivity index (χ1n) is 6.40. The normalized spacial score (nSPS) is 10.9. The van der Waals surface area contributed by atoms with Gasteiger partial charge in [-0.25, -0.2) is 4.39 Å². The number of para-hydroxylation sites is 1. The van der Waals surface area contributed by atoms with Gasteiger partial charge in [0.15, 0.2) is 17.2 Å². The van der Waals surface area contributed by atoms with Crippen LogP contribution in [0.1, 0.15) is 21.7 Å². The molecular formula is C17H13FO2. The first kappa shape index (κ1) is 12.6. The Morgan fingerprint density at radius 2 is 1.90 bits per heavy atom. The van der Waals surface area contributed by atoms with E-state index in [9.17, 15) is 9.18 Å². The number of furan rings is 1. The molecule has 100 valence electrons. The number of rotatable bonds is 3. The molecule has 0 aliphatic carbocycles. The van der Waals surface area contributed by atoms with Crippen molar-refractivity contribution in [2.24, 2.45) is 0 Å². The average molecular weight is 268 g/mol. The molecule has 0 amide bonds. The van der Waals surface area contributed by atoms with Crippen molar-refractivity contribution in [1.29, 1.82) is 0 Å². The molecule has 0 saturated carbocycles. The molecule has 20 heavy (non-hydrogen) atoms. The molecule has 0 fully saturated rings. The van der Waals surface area contributed by atoms with Crippen molar-refractivity contribution in [2.45, 2.75) is 13.3 Å². The highest BCUT2D eigenvalue weighted by Crippen LogP contribution is 2.23. The first-order valence-corrected chi connectivity index (χ1v) is 6.40. The Morgan fingerprint density at radius 1 is 1.15 bits per heavy atom. The second kappa shape index (κ2) is 4.93. The summed E-state index contributed by atoms with van der Waals surface area (Å²) in [4.78, 5) is 12.2. The fraction of sp³-hybridized carbons (Fsp3) is 0.118. The van der Waals surface area contributed by atoms with Gasteiger partial charge in [0.1, 0.15) is 0 Å². The van der Waals surface area contributed by atoms with Crippen molar-refractivity contribution < 1.29 is 13.6 Å². The Labute approximate surface area is 115 Å². The Kier molecular flexibility index (Phi) is 3.11. The number of carbonyl (C=O) groups excluding carboxylic acids is 1. The number of benzene rings is 2. The third kappa shape index (κ3) is 2.35. The molecule has 0 atom stereocenters. The lowest BCUT2D eigenvalue weighted by Crippen LogP contribution is -2.01. The van der Waals surface area contributed by atoms with E-state index in [2.05, 4.69) is 0 Å². The molecule has 2 nitrogen and oxygen atoms in total. The van der Waals surface area contributed by atoms with Crippen molar-refractivity contribution in [2.75, 3.05) is 0 Å². The highest BCUT2D eigenvalue weighted by molar-refractivity contribution is 5.98. The number of aryl methyl sites for hydroxylation is 1. The first-order chi connectivity index (χ1) is 9.63. The molecule has 0 aliphatic rings. The molecule has 0 unspecified atom stereocenters. The van der Waals surface area contributed by atoms with Gasteiger partial charge in [0, 0.05) is 11.8 Å². The minimum atomic E-state index is -0.447. The van der Waals surface area contributed by atoms with E-state index >= 15 is 0 Å². The molecule has 0 radical (unpaired) electrons. The average Bonchev–Trinajstić information content (AvgIpc) is 2.87. The van der Waals surface area contributed by atoms with Gasteiger partial charge in [0.05, 0.1) is 0 Å². The summed E-state index contributed by atoms with van der Waals surface area (Å²) in [5.74, 6) is -0.396. The number of hydrogen-bond donors (Lipinski definition) is 0. The molecule has 0 aliphatic heterocycles. The molecule has 0 saturated heterocycles. The van der Waals surface area contributed by atoms with E-state index in [0.29, 0.717) is 5.39 Å². The second-order valence-electron chi connectivity index (χ2n) is 4.85. The summed E-state index contributed by atoms with van der Waals surface area (Å²) >= 11 is 0. The topological polar surface area (TPSA) is 30.2 Å². The predicted molar refractivity (Wildman–Crippen MR) is 75.4 cm³/mol. The van der Waals surface area contributed by atoms with Crippen LogP contribution in [0.5, 0.6) is 0 Å². The molecule has 1 aromatic heterocycles. The SMILES string of the molecule is Cc1ccc(CC(=O)c2cc3cccc(F)c3o2)cc1. The van der Waals surface area contributed by atoms with Gasteiger partial charge >= 0.3 is 0 Å². The number of hydrogen-bond acceptors (Lipinski definition) is 2. The third-order valence-electron chi connectivity index (χ3n) is 3.26. The van der Waals surface area contributed by atoms with Crippen molar-refractivity contribution in [3.05, 3.63) is 71.2 Å². The predicted octanol–water partition coefficient (Wildman–Crippen LogP) is 4.31. The molecule has 3 aromatic rings. The highest BCUT2D eigenvalue weighted by atomic mass is 19.1. The number of carbonyl (C=O) groups is 1. The molecular weight excluding hydrogens is 255 g/mol. The lowest BCUT2D eigenvalue weighted by molar-refractivity contribution is 0.0968. The minimum Gasteiger partial charge on any atom is -0.450 e. The monoisotopic (exact) mass is 268 g/mol. The maximum atomic E-state index is 13.5. The fourth-order valence-corrected chi connectivity index (χ4v) is 2.14. The fourth-order valence-electron chi connectivity index (χ4n) is 2.14. The molecule has 3 rings (SSSR count). The van der Waals surface area contributed by atoms with Crippen molar-refractivity contribution in [3.63, 3.8) is 0 Å². The highest BCUT2D eigenvalue weighted by Gasteiger charge is 2.14. The summed E-state index contributed by atoms with van der Waals surface area (Å²) in [7, 11) is 0. The van der Waals surface area contributed by atoms with Gasteiger partial charge in [-0.2, -0.15) is 0 Å². The molecule has 0 bridgehead atoms. The molecule has 0 spiro atoms. The van der Waals surface area contributed by atoms with Gasteiger partial charge in [-0.3, -0.25) is 4.79 Å². The van der Waals surface area contributed by atoms with Gasteiger partial charge < -0.3 is 4.42 Å². The van der Waals surface area contributed by atoms with Crippen LogP contribution in [0.4, 0.5) is 4.39 Å². The van der Waals surface area contributed by atoms with Crippen LogP contribution in [0.25, 0.3) is 11.0 Å². The smallest absolute Gasteiger partial charge is 0.202 e. The molecule has 3 heteroatoms. The van der Waals surface area contributed by atoms with Gasteiger partial charge in [0.25, 0.3) is 0 Å². The van der Waals surface area contributed by atoms with Crippen LogP contribution in [0.3, 0.4) is 0 Å². The van der Waals surface area contributed by atoms with Crippen LogP contribution in [0.2, 0.25) is 0 Å². The lowest BCUT2D eigenvalue weighted by atomic mass is 10.1. The Bertz CT molecular complexity index is 769. The van der Waals surface area contributed by atoms with Crippen LogP contribution in [-0.4, -0.2) is 5.78 Å². The Morgan fingerprint density at radius 3 is 2.60 bits per heavy atom. The van der Waals surface area contributed by atoms with Crippen molar-refractivity contribution >= 4 is 16.8 Å². The van der Waals surface area contributed by atoms with E-state index < -0.39 is 5.82 Å². The second-order valence-corrected chi connectivity index (χ2v) is 4.85. The summed E-state index contributed by atoms with van der Waals surface area (Å²) in [5.41, 5.74) is 2.20. The summed E-state index contributed by atoms with van der Waals surface area (Å²) < 4.78 is 18.9. The molecule has 0 N–H and O–H groups in total. The van der Waals surface area contributed by atoms with Crippen molar-refractivity contribution in [3.8, 4) is 0 Å². The number of fused-ring (bicyclic) bond motifs is 1. The van der Waals surface area contributed by atoms with E-state index in [0.717, 1.165) is 11.1 Å². The van der Waals surface area contributed by atoms with E-state index in [-0.39, 0.29) is 23.5 Å². The largest absolute Gasteiger partial charge is 0.450 e. The van der Waals surface area contributed by atoms with E-state index in [1.165, 1.54) is 6.07 Å². The van der Waals surface area contributed by atoms with E-state index in [1.54, 1.807) is 18.2 Å². The summed E-state index contributed by atoms with van der Waals surface area (Å²) in [6.07, 6.45) is 0.252. The summed E-state index contributed by atoms with van der Waals surface area (Å²) in [6.45, 7) is 1.99. The summed E-state index contributed by atoms with van der Waals surface area (Å²) in [5, 5.41) is 0.609. The maximum Gasteiger partial charge on any atom is 0.202 e. The summed E-state index contributed by atoms with van der Waals surface area (Å²) in [6, 6.07) is 14.0.